The Balaban J connectivity index is 1.47. The normalized spacial score (nSPS) is 21.3. The van der Waals surface area contributed by atoms with Gasteiger partial charge >= 0.3 is 0 Å². The monoisotopic (exact) mass is 419 g/mol. The lowest BCUT2D eigenvalue weighted by Crippen LogP contribution is -2.37. The van der Waals surface area contributed by atoms with Crippen LogP contribution in [0.5, 0.6) is 0 Å². The van der Waals surface area contributed by atoms with Gasteiger partial charge in [0.25, 0.3) is 11.8 Å². The van der Waals surface area contributed by atoms with Crippen LogP contribution in [0.3, 0.4) is 0 Å². The van der Waals surface area contributed by atoms with Crippen molar-refractivity contribution in [2.24, 2.45) is 17.8 Å². The number of allylic oxidation sites excluding steroid dienone is 2. The number of aromatic nitrogens is 1. The maximum Gasteiger partial charge on any atom is 0.256 e. The van der Waals surface area contributed by atoms with E-state index in [0.717, 1.165) is 19.3 Å². The predicted octanol–water partition coefficient (Wildman–Crippen LogP) is 2.78. The summed E-state index contributed by atoms with van der Waals surface area (Å²) >= 11 is 0. The van der Waals surface area contributed by atoms with Crippen LogP contribution in [0.4, 0.5) is 0 Å². The zero-order valence-electron chi connectivity index (χ0n) is 17.8. The van der Waals surface area contributed by atoms with Crippen molar-refractivity contribution < 1.29 is 9.59 Å². The van der Waals surface area contributed by atoms with Gasteiger partial charge in [-0.2, -0.15) is 0 Å². The fraction of sp³-hybridized carbons (Fsp3) is 0.400. The molecule has 2 aliphatic rings. The Kier molecular flexibility index (Phi) is 6.35. The largest absolute Gasteiger partial charge is 0.355 e. The van der Waals surface area contributed by atoms with E-state index in [1.165, 1.54) is 19.0 Å². The van der Waals surface area contributed by atoms with Gasteiger partial charge in [0.15, 0.2) is 0 Å². The van der Waals surface area contributed by atoms with Crippen LogP contribution in [0.25, 0.3) is 0 Å². The second kappa shape index (κ2) is 9.33. The molecule has 2 amide bonds. The summed E-state index contributed by atoms with van der Waals surface area (Å²) in [5.74, 6) is 0.700. The minimum absolute atomic E-state index is 0.00211. The third-order valence-electron chi connectivity index (χ3n) is 6.46. The molecule has 1 fully saturated rings. The summed E-state index contributed by atoms with van der Waals surface area (Å²) in [5, 5.41) is 5.44. The first-order valence-corrected chi connectivity index (χ1v) is 11.0. The van der Waals surface area contributed by atoms with E-state index in [0.29, 0.717) is 30.8 Å². The molecule has 2 N–H and O–H groups in total. The lowest BCUT2D eigenvalue weighted by atomic mass is 9.93. The Morgan fingerprint density at radius 3 is 2.42 bits per heavy atom. The van der Waals surface area contributed by atoms with Crippen molar-refractivity contribution in [3.05, 3.63) is 81.8 Å². The first-order valence-electron chi connectivity index (χ1n) is 11.0. The van der Waals surface area contributed by atoms with Gasteiger partial charge in [-0.3, -0.25) is 14.4 Å². The Morgan fingerprint density at radius 2 is 1.77 bits per heavy atom. The molecule has 0 aliphatic heterocycles. The quantitative estimate of drug-likeness (QED) is 0.646. The first kappa shape index (κ1) is 21.1. The number of nitrogens with zero attached hydrogens (tertiary/aromatic N) is 1. The van der Waals surface area contributed by atoms with Crippen LogP contribution in [0.1, 0.15) is 45.5 Å². The van der Waals surface area contributed by atoms with Gasteiger partial charge in [0.1, 0.15) is 11.1 Å². The van der Waals surface area contributed by atoms with Crippen LogP contribution in [-0.2, 0) is 13.0 Å². The number of hydrogen-bond donors (Lipinski definition) is 2. The molecule has 4 rings (SSSR count). The summed E-state index contributed by atoms with van der Waals surface area (Å²) in [6, 6.07) is 10.1. The summed E-state index contributed by atoms with van der Waals surface area (Å²) in [6.45, 7) is 1.17. The molecular weight excluding hydrogens is 390 g/mol. The van der Waals surface area contributed by atoms with Crippen LogP contribution in [0, 0.1) is 17.8 Å². The summed E-state index contributed by atoms with van der Waals surface area (Å²) in [5.41, 5.74) is 0.731. The van der Waals surface area contributed by atoms with Crippen molar-refractivity contribution in [2.45, 2.75) is 32.2 Å². The molecule has 0 radical (unpaired) electrons. The van der Waals surface area contributed by atoms with Gasteiger partial charge in [0.05, 0.1) is 0 Å². The molecule has 0 unspecified atom stereocenters. The number of fused-ring (bicyclic) bond motifs is 2. The number of benzene rings is 1. The first-order chi connectivity index (χ1) is 15.0. The molecule has 1 saturated carbocycles. The second-order valence-corrected chi connectivity index (χ2v) is 8.57. The van der Waals surface area contributed by atoms with Gasteiger partial charge in [-0.25, -0.2) is 0 Å². The van der Waals surface area contributed by atoms with E-state index in [9.17, 15) is 14.4 Å². The molecule has 31 heavy (non-hydrogen) atoms. The van der Waals surface area contributed by atoms with Crippen molar-refractivity contribution in [3.8, 4) is 0 Å². The molecule has 1 aromatic carbocycles. The SMILES string of the molecule is CNC(=O)c1cn(CCCc2ccccc2)cc(C(=O)NC[C@@H]2C[C@H]3C=C[C@@H]2C3)c1=O. The van der Waals surface area contributed by atoms with E-state index in [1.807, 2.05) is 18.2 Å². The Morgan fingerprint density at radius 1 is 1.03 bits per heavy atom. The van der Waals surface area contributed by atoms with Crippen molar-refractivity contribution in [3.63, 3.8) is 0 Å². The van der Waals surface area contributed by atoms with Crippen molar-refractivity contribution in [2.75, 3.05) is 13.6 Å². The highest BCUT2D eigenvalue weighted by Gasteiger charge is 2.35. The van der Waals surface area contributed by atoms with Crippen LogP contribution in [-0.4, -0.2) is 30.0 Å². The Hall–Kier alpha value is -3.15. The van der Waals surface area contributed by atoms with Crippen LogP contribution in [0.2, 0.25) is 0 Å². The number of amides is 2. The minimum atomic E-state index is -0.524. The predicted molar refractivity (Wildman–Crippen MR) is 120 cm³/mol. The number of rotatable bonds is 8. The van der Waals surface area contributed by atoms with E-state index in [2.05, 4.69) is 34.9 Å². The number of hydrogen-bond acceptors (Lipinski definition) is 3. The number of nitrogens with one attached hydrogen (secondary N) is 2. The van der Waals surface area contributed by atoms with Crippen molar-refractivity contribution >= 4 is 11.8 Å². The van der Waals surface area contributed by atoms with E-state index in [1.54, 1.807) is 17.0 Å². The highest BCUT2D eigenvalue weighted by molar-refractivity contribution is 5.99. The molecule has 6 nitrogen and oxygen atoms in total. The average Bonchev–Trinajstić information content (AvgIpc) is 3.42. The molecule has 1 aromatic heterocycles. The maximum atomic E-state index is 12.9. The zero-order valence-corrected chi connectivity index (χ0v) is 17.8. The van der Waals surface area contributed by atoms with Gasteiger partial charge in [0, 0.05) is 32.5 Å². The lowest BCUT2D eigenvalue weighted by molar-refractivity contribution is 0.0943. The molecule has 162 valence electrons. The molecule has 2 aromatic rings. The summed E-state index contributed by atoms with van der Waals surface area (Å²) in [7, 11) is 1.48. The third kappa shape index (κ3) is 4.79. The third-order valence-corrected chi connectivity index (χ3v) is 6.46. The van der Waals surface area contributed by atoms with Gasteiger partial charge in [0.2, 0.25) is 5.43 Å². The number of carbonyl (C=O) groups excluding carboxylic acids is 2. The number of aryl methyl sites for hydroxylation is 2. The molecular formula is C25H29N3O3. The molecule has 2 aliphatic carbocycles. The topological polar surface area (TPSA) is 80.2 Å². The molecule has 0 spiro atoms. The minimum Gasteiger partial charge on any atom is -0.355 e. The molecule has 3 atom stereocenters. The van der Waals surface area contributed by atoms with Gasteiger partial charge in [-0.1, -0.05) is 42.5 Å². The van der Waals surface area contributed by atoms with E-state index in [-0.39, 0.29) is 11.1 Å². The smallest absolute Gasteiger partial charge is 0.256 e. The molecule has 2 bridgehead atoms. The Bertz CT molecular complexity index is 1040. The number of carbonyl (C=O) groups is 2. The molecule has 6 heteroatoms. The molecule has 0 saturated heterocycles. The van der Waals surface area contributed by atoms with Crippen molar-refractivity contribution in [1.82, 2.24) is 15.2 Å². The average molecular weight is 420 g/mol. The number of pyridine rings is 1. The summed E-state index contributed by atoms with van der Waals surface area (Å²) < 4.78 is 1.78. The van der Waals surface area contributed by atoms with E-state index in [4.69, 9.17) is 0 Å². The molecule has 1 heterocycles. The highest BCUT2D eigenvalue weighted by atomic mass is 16.2. The summed E-state index contributed by atoms with van der Waals surface area (Å²) in [6.07, 6.45) is 11.6. The van der Waals surface area contributed by atoms with Gasteiger partial charge < -0.3 is 15.2 Å². The van der Waals surface area contributed by atoms with E-state index < -0.39 is 17.2 Å². The van der Waals surface area contributed by atoms with Crippen molar-refractivity contribution in [1.29, 1.82) is 0 Å². The van der Waals surface area contributed by atoms with Gasteiger partial charge in [-0.05, 0) is 49.0 Å². The Labute approximate surface area is 182 Å². The van der Waals surface area contributed by atoms with E-state index >= 15 is 0 Å². The highest BCUT2D eigenvalue weighted by Crippen LogP contribution is 2.42. The van der Waals surface area contributed by atoms with Crippen LogP contribution < -0.4 is 16.1 Å². The van der Waals surface area contributed by atoms with Crippen LogP contribution in [0.15, 0.2) is 59.7 Å². The fourth-order valence-corrected chi connectivity index (χ4v) is 4.78. The fourth-order valence-electron chi connectivity index (χ4n) is 4.78. The maximum absolute atomic E-state index is 12.9. The lowest BCUT2D eigenvalue weighted by Gasteiger charge is -2.18. The summed E-state index contributed by atoms with van der Waals surface area (Å²) in [4.78, 5) is 37.9. The second-order valence-electron chi connectivity index (χ2n) is 8.57. The van der Waals surface area contributed by atoms with Crippen LogP contribution >= 0.6 is 0 Å². The standard InChI is InChI=1S/C25H29N3O3/c1-26-24(30)21-15-28(11-5-8-17-6-3-2-4-7-17)16-22(23(21)29)25(31)27-14-20-13-18-9-10-19(20)12-18/h2-4,6-7,9-10,15-16,18-20H,5,8,11-14H2,1H3,(H,26,30)(H,27,31)/t18-,19+,20-/m0/s1. The zero-order chi connectivity index (χ0) is 21.8. The van der Waals surface area contributed by atoms with Gasteiger partial charge in [-0.15, -0.1) is 0 Å².